The van der Waals surface area contributed by atoms with Crippen LogP contribution in [0.5, 0.6) is 11.5 Å². The van der Waals surface area contributed by atoms with Gasteiger partial charge in [-0.3, -0.25) is 0 Å². The van der Waals surface area contributed by atoms with Gasteiger partial charge in [-0.15, -0.1) is 0 Å². The molecule has 0 aliphatic carbocycles. The van der Waals surface area contributed by atoms with Crippen LogP contribution < -0.4 is 18.5 Å². The summed E-state index contributed by atoms with van der Waals surface area (Å²) in [5, 5.41) is 0. The van der Waals surface area contributed by atoms with Crippen molar-refractivity contribution in [1.82, 2.24) is 0 Å². The van der Waals surface area contributed by atoms with Gasteiger partial charge in [-0.1, -0.05) is 0 Å². The summed E-state index contributed by atoms with van der Waals surface area (Å²) in [6.07, 6.45) is 0.664. The maximum atomic E-state index is 12.6. The summed E-state index contributed by atoms with van der Waals surface area (Å²) in [6, 6.07) is 14.7. The normalized spacial score (nSPS) is 12.5. The van der Waals surface area contributed by atoms with Crippen molar-refractivity contribution < 1.29 is 31.7 Å². The third kappa shape index (κ3) is 5.44. The van der Waals surface area contributed by atoms with Crippen LogP contribution in [0, 0.1) is 0 Å². The first-order valence-electron chi connectivity index (χ1n) is 8.06. The van der Waals surface area contributed by atoms with Gasteiger partial charge in [-0.2, -0.15) is 0 Å². The van der Waals surface area contributed by atoms with E-state index in [9.17, 15) is 3.87 Å². The zero-order valence-corrected chi connectivity index (χ0v) is 15.3. The monoisotopic (exact) mass is 375 g/mol. The fraction of sp³-hybridized carbons (Fsp3) is 0.368. The minimum atomic E-state index is -1.60. The van der Waals surface area contributed by atoms with Crippen molar-refractivity contribution in [2.24, 2.45) is 0 Å². The van der Waals surface area contributed by atoms with Crippen molar-refractivity contribution in [3.8, 4) is 11.5 Å². The number of benzene rings is 2. The number of rotatable bonds is 9. The first-order valence-corrected chi connectivity index (χ1v) is 9.53. The molecule has 1 unspecified atom stereocenters. The molecule has 0 fully saturated rings. The van der Waals surface area contributed by atoms with Crippen LogP contribution in [0.2, 0.25) is 0 Å². The fourth-order valence-corrected chi connectivity index (χ4v) is 3.35. The van der Waals surface area contributed by atoms with Crippen LogP contribution in [0.4, 0.5) is 0 Å². The van der Waals surface area contributed by atoms with Gasteiger partial charge in [0, 0.05) is 0 Å². The Bertz CT molecular complexity index is 637. The molecule has 0 amide bonds. The van der Waals surface area contributed by atoms with E-state index in [0.29, 0.717) is 19.0 Å². The van der Waals surface area contributed by atoms with E-state index in [1.54, 1.807) is 0 Å². The van der Waals surface area contributed by atoms with Gasteiger partial charge >= 0.3 is 147 Å². The summed E-state index contributed by atoms with van der Waals surface area (Å²) < 4.78 is 30.7. The molecule has 1 atom stereocenters. The van der Waals surface area contributed by atoms with E-state index < -0.39 is 13.6 Å². The molecule has 5 heteroatoms. The molecular weight excluding hydrogens is 351 g/mol. The summed E-state index contributed by atoms with van der Waals surface area (Å²) in [5.74, 6) is 1.50. The van der Waals surface area contributed by atoms with Crippen molar-refractivity contribution in [2.45, 2.75) is 33.5 Å². The van der Waals surface area contributed by atoms with Crippen molar-refractivity contribution in [2.75, 3.05) is 13.2 Å². The molecule has 0 bridgehead atoms. The van der Waals surface area contributed by atoms with Crippen LogP contribution >= 0.6 is 0 Å². The van der Waals surface area contributed by atoms with Crippen LogP contribution in [0.3, 0.4) is 0 Å². The summed E-state index contributed by atoms with van der Waals surface area (Å²) in [5.41, 5.74) is 0. The van der Waals surface area contributed by atoms with Gasteiger partial charge in [0.05, 0.1) is 0 Å². The Morgan fingerprint density at radius 2 is 1.46 bits per heavy atom. The van der Waals surface area contributed by atoms with Gasteiger partial charge in [0.2, 0.25) is 0 Å². The van der Waals surface area contributed by atoms with Gasteiger partial charge in [0.25, 0.3) is 0 Å². The Hall–Kier alpha value is -1.69. The number of ether oxygens (including phenoxy) is 3. The Kier molecular flexibility index (Phi) is 7.43. The second kappa shape index (κ2) is 9.57. The van der Waals surface area contributed by atoms with E-state index in [2.05, 4.69) is 6.92 Å². The molecule has 0 aliphatic heterocycles. The zero-order valence-electron chi connectivity index (χ0n) is 14.3. The molecule has 0 heterocycles. The molecule has 133 valence electrons. The van der Waals surface area contributed by atoms with E-state index >= 15 is 0 Å². The average Bonchev–Trinajstić information content (AvgIpc) is 2.60. The first-order chi connectivity index (χ1) is 11.6. The summed E-state index contributed by atoms with van der Waals surface area (Å²) in [6.45, 7) is 7.12. The van der Waals surface area contributed by atoms with Crippen molar-refractivity contribution in [1.29, 1.82) is 0 Å². The molecule has 4 nitrogen and oxygen atoms in total. The molecule has 0 N–H and O–H groups in total. The quantitative estimate of drug-likeness (QED) is 0.632. The average molecular weight is 375 g/mol. The van der Waals surface area contributed by atoms with Crippen molar-refractivity contribution >= 4 is 9.00 Å². The second-order valence-corrected chi connectivity index (χ2v) is 6.95. The standard InChI is InChI=1S/C10H13O2.C9H11O.Co.O/c1-3-11-9(2)12-10-7-5-4-6-8-10;1-2-8-10-9-6-4-3-5-7-9;;/h5-9H,3H2,1-2H3;4-7H,2,8H2,1H3;;. The van der Waals surface area contributed by atoms with Crippen LogP contribution in [-0.2, 0) is 22.2 Å². The molecule has 2 aromatic rings. The van der Waals surface area contributed by atoms with Crippen LogP contribution in [-0.4, -0.2) is 19.5 Å². The predicted octanol–water partition coefficient (Wildman–Crippen LogP) is 3.15. The third-order valence-electron chi connectivity index (χ3n) is 3.12. The Labute approximate surface area is 147 Å². The summed E-state index contributed by atoms with van der Waals surface area (Å²) in [4.78, 5) is 0. The van der Waals surface area contributed by atoms with Gasteiger partial charge < -0.3 is 0 Å². The fourth-order valence-electron chi connectivity index (χ4n) is 2.02. The molecule has 0 aromatic heterocycles. The molecular formula is C19H24CoO4. The molecule has 0 radical (unpaired) electrons. The van der Waals surface area contributed by atoms with Crippen molar-refractivity contribution in [3.05, 3.63) is 48.5 Å². The predicted molar refractivity (Wildman–Crippen MR) is 90.3 cm³/mol. The summed E-state index contributed by atoms with van der Waals surface area (Å²) >= 11 is -1.60. The van der Waals surface area contributed by atoms with Gasteiger partial charge in [-0.25, -0.2) is 0 Å². The molecule has 0 aliphatic rings. The number of hydrogen-bond acceptors (Lipinski definition) is 4. The zero-order chi connectivity index (χ0) is 17.4. The van der Waals surface area contributed by atoms with E-state index in [1.807, 2.05) is 62.4 Å². The van der Waals surface area contributed by atoms with E-state index in [1.165, 1.54) is 0 Å². The minimum absolute atomic E-state index is 0.301. The molecule has 24 heavy (non-hydrogen) atoms. The van der Waals surface area contributed by atoms with Gasteiger partial charge in [-0.05, 0) is 0 Å². The van der Waals surface area contributed by atoms with Crippen LogP contribution in [0.25, 0.3) is 0 Å². The van der Waals surface area contributed by atoms with Crippen LogP contribution in [0.15, 0.2) is 48.5 Å². The SMILES string of the molecule is CCCOc1cc[c]([Co](=[O])[c]2ccc(OC(C)OCC)cc2)cc1. The Morgan fingerprint density at radius 3 is 1.96 bits per heavy atom. The molecule has 0 spiro atoms. The van der Waals surface area contributed by atoms with E-state index in [-0.39, 0.29) is 6.29 Å². The molecule has 2 aromatic carbocycles. The first kappa shape index (κ1) is 18.6. The number of hydrogen-bond donors (Lipinski definition) is 0. The van der Waals surface area contributed by atoms with Crippen molar-refractivity contribution in [3.63, 3.8) is 0 Å². The second-order valence-electron chi connectivity index (χ2n) is 5.07. The van der Waals surface area contributed by atoms with Gasteiger partial charge in [0.1, 0.15) is 0 Å². The van der Waals surface area contributed by atoms with E-state index in [4.69, 9.17) is 14.2 Å². The molecule has 0 saturated heterocycles. The topological polar surface area (TPSA) is 44.8 Å². The van der Waals surface area contributed by atoms with Crippen LogP contribution in [0.1, 0.15) is 27.2 Å². The Morgan fingerprint density at radius 1 is 0.917 bits per heavy atom. The molecule has 2 rings (SSSR count). The van der Waals surface area contributed by atoms with Gasteiger partial charge in [0.15, 0.2) is 0 Å². The maximum absolute atomic E-state index is 12.6. The van der Waals surface area contributed by atoms with E-state index in [0.717, 1.165) is 21.2 Å². The summed E-state index contributed by atoms with van der Waals surface area (Å²) in [7, 11) is 0. The third-order valence-corrected chi connectivity index (χ3v) is 4.91. The Balaban J connectivity index is 2.01. The molecule has 0 saturated carbocycles.